The van der Waals surface area contributed by atoms with E-state index in [1.807, 2.05) is 7.05 Å². The molecule has 1 unspecified atom stereocenters. The molecule has 0 saturated heterocycles. The fourth-order valence-corrected chi connectivity index (χ4v) is 1.76. The molecular weight excluding hydrogens is 194 g/mol. The molecule has 0 aliphatic carbocycles. The monoisotopic (exact) mass is 211 g/mol. The molecule has 0 saturated carbocycles. The highest BCUT2D eigenvalue weighted by atomic mass is 35.5. The molecule has 1 nitrogen and oxygen atoms in total. The van der Waals surface area contributed by atoms with E-state index < -0.39 is 0 Å². The fourth-order valence-electron chi connectivity index (χ4n) is 1.41. The van der Waals surface area contributed by atoms with Gasteiger partial charge in [-0.2, -0.15) is 0 Å². The largest absolute Gasteiger partial charge is 0.313 e. The topological polar surface area (TPSA) is 12.0 Å². The Labute approximate surface area is 91.5 Å². The summed E-state index contributed by atoms with van der Waals surface area (Å²) in [5.74, 6) is 0.534. The zero-order valence-electron chi connectivity index (χ0n) is 9.26. The second-order valence-corrected chi connectivity index (χ2v) is 4.35. The number of nitrogens with one attached hydrogen (secondary N) is 1. The van der Waals surface area contributed by atoms with E-state index in [-0.39, 0.29) is 0 Å². The summed E-state index contributed by atoms with van der Waals surface area (Å²) >= 11 is 6.21. The minimum Gasteiger partial charge on any atom is -0.313 e. The van der Waals surface area contributed by atoms with Crippen molar-refractivity contribution >= 4 is 11.6 Å². The minimum atomic E-state index is 0.309. The van der Waals surface area contributed by atoms with E-state index >= 15 is 0 Å². The second kappa shape index (κ2) is 4.81. The van der Waals surface area contributed by atoms with Crippen molar-refractivity contribution < 1.29 is 0 Å². The van der Waals surface area contributed by atoms with Crippen LogP contribution >= 0.6 is 11.6 Å². The average molecular weight is 212 g/mol. The average Bonchev–Trinajstić information content (AvgIpc) is 2.16. The van der Waals surface area contributed by atoms with Gasteiger partial charge in [-0.25, -0.2) is 0 Å². The van der Waals surface area contributed by atoms with Gasteiger partial charge in [0.2, 0.25) is 0 Å². The summed E-state index contributed by atoms with van der Waals surface area (Å²) < 4.78 is 0. The molecule has 0 radical (unpaired) electrons. The molecule has 0 heterocycles. The maximum Gasteiger partial charge on any atom is 0.0456 e. The predicted molar refractivity (Wildman–Crippen MR) is 63.0 cm³/mol. The summed E-state index contributed by atoms with van der Waals surface area (Å²) in [6.45, 7) is 6.45. The molecule has 1 rings (SSSR count). The van der Waals surface area contributed by atoms with Crippen LogP contribution in [0.5, 0.6) is 0 Å². The molecule has 1 aromatic rings. The van der Waals surface area contributed by atoms with Gasteiger partial charge in [0, 0.05) is 11.1 Å². The molecule has 1 atom stereocenters. The number of hydrogen-bond acceptors (Lipinski definition) is 1. The second-order valence-electron chi connectivity index (χ2n) is 3.95. The van der Waals surface area contributed by atoms with Gasteiger partial charge in [0.05, 0.1) is 0 Å². The normalized spacial score (nSPS) is 13.3. The van der Waals surface area contributed by atoms with E-state index in [1.165, 1.54) is 11.1 Å². The Morgan fingerprint density at radius 3 is 2.29 bits per heavy atom. The third-order valence-electron chi connectivity index (χ3n) is 2.59. The Hall–Kier alpha value is -0.530. The van der Waals surface area contributed by atoms with E-state index in [4.69, 9.17) is 11.6 Å². The molecule has 0 aliphatic rings. The molecule has 0 aromatic heterocycles. The molecule has 0 aliphatic heterocycles. The highest BCUT2D eigenvalue weighted by Crippen LogP contribution is 2.26. The Morgan fingerprint density at radius 1 is 1.21 bits per heavy atom. The van der Waals surface area contributed by atoms with E-state index in [2.05, 4.69) is 44.3 Å². The van der Waals surface area contributed by atoms with Crippen LogP contribution in [-0.4, -0.2) is 7.05 Å². The van der Waals surface area contributed by atoms with Gasteiger partial charge in [-0.3, -0.25) is 0 Å². The summed E-state index contributed by atoms with van der Waals surface area (Å²) in [6.07, 6.45) is 0. The maximum atomic E-state index is 6.21. The molecule has 0 fully saturated rings. The summed E-state index contributed by atoms with van der Waals surface area (Å²) in [5, 5.41) is 4.05. The third-order valence-corrected chi connectivity index (χ3v) is 2.92. The van der Waals surface area contributed by atoms with E-state index in [0.29, 0.717) is 12.0 Å². The summed E-state index contributed by atoms with van der Waals surface area (Å²) in [6, 6.07) is 6.64. The Bertz CT molecular complexity index is 307. The van der Waals surface area contributed by atoms with Crippen LogP contribution in [0.4, 0.5) is 0 Å². The zero-order chi connectivity index (χ0) is 10.7. The van der Waals surface area contributed by atoms with E-state index in [9.17, 15) is 0 Å². The molecule has 0 spiro atoms. The predicted octanol–water partition coefficient (Wildman–Crippen LogP) is 3.74. The van der Waals surface area contributed by atoms with Crippen molar-refractivity contribution in [1.82, 2.24) is 5.32 Å². The lowest BCUT2D eigenvalue weighted by Gasteiger charge is -2.14. The molecule has 0 bridgehead atoms. The van der Waals surface area contributed by atoms with Gasteiger partial charge >= 0.3 is 0 Å². The number of halogens is 1. The van der Waals surface area contributed by atoms with Crippen molar-refractivity contribution in [3.8, 4) is 0 Å². The van der Waals surface area contributed by atoms with Gasteiger partial charge < -0.3 is 5.32 Å². The van der Waals surface area contributed by atoms with Crippen LogP contribution in [0.1, 0.15) is 43.9 Å². The van der Waals surface area contributed by atoms with Crippen LogP contribution in [0.15, 0.2) is 18.2 Å². The van der Waals surface area contributed by atoms with Gasteiger partial charge in [0.25, 0.3) is 0 Å². The van der Waals surface area contributed by atoms with E-state index in [1.54, 1.807) is 0 Å². The van der Waals surface area contributed by atoms with Crippen molar-refractivity contribution in [3.63, 3.8) is 0 Å². The van der Waals surface area contributed by atoms with Gasteiger partial charge in [-0.05, 0) is 37.1 Å². The van der Waals surface area contributed by atoms with Crippen LogP contribution in [0.2, 0.25) is 5.02 Å². The van der Waals surface area contributed by atoms with Crippen molar-refractivity contribution in [2.45, 2.75) is 32.7 Å². The first-order valence-corrected chi connectivity index (χ1v) is 5.40. The molecule has 1 N–H and O–H groups in total. The Kier molecular flexibility index (Phi) is 3.97. The van der Waals surface area contributed by atoms with Crippen molar-refractivity contribution in [2.24, 2.45) is 0 Å². The first-order valence-electron chi connectivity index (χ1n) is 5.03. The van der Waals surface area contributed by atoms with Crippen molar-refractivity contribution in [1.29, 1.82) is 0 Å². The smallest absolute Gasteiger partial charge is 0.0456 e. The molecule has 2 heteroatoms. The van der Waals surface area contributed by atoms with Crippen LogP contribution in [0.3, 0.4) is 0 Å². The summed E-state index contributed by atoms with van der Waals surface area (Å²) in [5.41, 5.74) is 2.46. The minimum absolute atomic E-state index is 0.309. The lowest BCUT2D eigenvalue weighted by Crippen LogP contribution is -2.12. The Morgan fingerprint density at radius 2 is 1.86 bits per heavy atom. The van der Waals surface area contributed by atoms with Crippen molar-refractivity contribution in [3.05, 3.63) is 34.3 Å². The Balaban J connectivity index is 3.01. The van der Waals surface area contributed by atoms with Gasteiger partial charge in [-0.1, -0.05) is 37.6 Å². The summed E-state index contributed by atoms with van der Waals surface area (Å²) in [7, 11) is 1.94. The first kappa shape index (κ1) is 11.5. The maximum absolute atomic E-state index is 6.21. The molecule has 78 valence electrons. The molecule has 0 amide bonds. The molecular formula is C12H18ClN. The number of rotatable bonds is 3. The molecule has 1 aromatic carbocycles. The third kappa shape index (κ3) is 2.49. The zero-order valence-corrected chi connectivity index (χ0v) is 10.0. The van der Waals surface area contributed by atoms with Crippen LogP contribution < -0.4 is 5.32 Å². The standard InChI is InChI=1S/C12H18ClN/c1-8(2)10-5-6-11(9(3)14-4)12(13)7-10/h5-9,14H,1-4H3. The summed E-state index contributed by atoms with van der Waals surface area (Å²) in [4.78, 5) is 0. The highest BCUT2D eigenvalue weighted by Gasteiger charge is 2.08. The quantitative estimate of drug-likeness (QED) is 0.803. The first-order chi connectivity index (χ1) is 6.56. The highest BCUT2D eigenvalue weighted by molar-refractivity contribution is 6.31. The van der Waals surface area contributed by atoms with Crippen LogP contribution in [0.25, 0.3) is 0 Å². The van der Waals surface area contributed by atoms with Gasteiger partial charge in [-0.15, -0.1) is 0 Å². The number of benzene rings is 1. The SMILES string of the molecule is CNC(C)c1ccc(C(C)C)cc1Cl. The lowest BCUT2D eigenvalue weighted by molar-refractivity contribution is 0.652. The van der Waals surface area contributed by atoms with Gasteiger partial charge in [0.15, 0.2) is 0 Å². The lowest BCUT2D eigenvalue weighted by atomic mass is 9.99. The fraction of sp³-hybridized carbons (Fsp3) is 0.500. The van der Waals surface area contributed by atoms with Crippen LogP contribution in [0, 0.1) is 0 Å². The van der Waals surface area contributed by atoms with Crippen molar-refractivity contribution in [2.75, 3.05) is 7.05 Å². The van der Waals surface area contributed by atoms with E-state index in [0.717, 1.165) is 5.02 Å². The number of hydrogen-bond donors (Lipinski definition) is 1. The molecule has 14 heavy (non-hydrogen) atoms. The van der Waals surface area contributed by atoms with Gasteiger partial charge in [0.1, 0.15) is 0 Å². The van der Waals surface area contributed by atoms with Crippen LogP contribution in [-0.2, 0) is 0 Å².